The summed E-state index contributed by atoms with van der Waals surface area (Å²) in [4.78, 5) is 12.5. The van der Waals surface area contributed by atoms with Gasteiger partial charge in [0.2, 0.25) is 15.7 Å². The third-order valence-corrected chi connectivity index (χ3v) is 6.68. The zero-order valence-electron chi connectivity index (χ0n) is 17.6. The van der Waals surface area contributed by atoms with Crippen molar-refractivity contribution in [2.45, 2.75) is 56.9 Å². The Morgan fingerprint density at radius 3 is 2.38 bits per heavy atom. The summed E-state index contributed by atoms with van der Waals surface area (Å²) in [6, 6.07) is 4.70. The van der Waals surface area contributed by atoms with Gasteiger partial charge in [-0.2, -0.15) is 0 Å². The number of hydrogen-bond acceptors (Lipinski definition) is 4. The fraction of sp³-hybridized carbons (Fsp3) is 0.476. The molecule has 0 saturated carbocycles. The second-order valence-electron chi connectivity index (χ2n) is 7.49. The molecule has 0 atom stereocenters. The van der Waals surface area contributed by atoms with Gasteiger partial charge in [0, 0.05) is 32.4 Å². The Labute approximate surface area is 172 Å². The highest BCUT2D eigenvalue weighted by Crippen LogP contribution is 2.35. The van der Waals surface area contributed by atoms with E-state index in [1.165, 1.54) is 12.1 Å². The lowest BCUT2D eigenvalue weighted by atomic mass is 10.1. The molecule has 6 nitrogen and oxygen atoms in total. The average molecular weight is 425 g/mol. The topological polar surface area (TPSA) is 77.4 Å². The number of hydrogen-bond donors (Lipinski definition) is 1. The highest BCUT2D eigenvalue weighted by atomic mass is 32.2. The minimum atomic E-state index is -3.96. The van der Waals surface area contributed by atoms with Gasteiger partial charge in [0.1, 0.15) is 16.5 Å². The number of carbonyl (C=O) groups is 1. The summed E-state index contributed by atoms with van der Waals surface area (Å²) >= 11 is 0. The Kier molecular flexibility index (Phi) is 7.60. The third-order valence-electron chi connectivity index (χ3n) is 4.75. The number of benzene rings is 1. The molecule has 1 aromatic carbocycles. The van der Waals surface area contributed by atoms with E-state index in [1.54, 1.807) is 14.0 Å². The standard InChI is InChI=1S/C21H29FN2O4S/c1-14(2)13-19(25)23-21-20(15(3)16(4)24(21)11-6-12-28-5)29(26,27)18-9-7-17(22)8-10-18/h7-10,14H,6,11-13H2,1-5H3,(H,23,25). The fourth-order valence-electron chi connectivity index (χ4n) is 3.22. The normalized spacial score (nSPS) is 11.8. The summed E-state index contributed by atoms with van der Waals surface area (Å²) in [7, 11) is -2.36. The molecule has 1 heterocycles. The number of methoxy groups -OCH3 is 1. The van der Waals surface area contributed by atoms with Gasteiger partial charge in [0.25, 0.3) is 0 Å². The smallest absolute Gasteiger partial charge is 0.225 e. The molecule has 0 unspecified atom stereocenters. The Balaban J connectivity index is 2.61. The summed E-state index contributed by atoms with van der Waals surface area (Å²) in [5.41, 5.74) is 1.31. The zero-order chi connectivity index (χ0) is 21.8. The number of nitrogens with one attached hydrogen (secondary N) is 1. The van der Waals surface area contributed by atoms with Crippen molar-refractivity contribution in [3.63, 3.8) is 0 Å². The van der Waals surface area contributed by atoms with E-state index in [9.17, 15) is 17.6 Å². The van der Waals surface area contributed by atoms with Crippen LogP contribution in [0.2, 0.25) is 0 Å². The first kappa shape index (κ1) is 23.1. The lowest BCUT2D eigenvalue weighted by Gasteiger charge is -2.15. The second-order valence-corrected chi connectivity index (χ2v) is 9.38. The predicted molar refractivity (Wildman–Crippen MR) is 110 cm³/mol. The first-order valence-corrected chi connectivity index (χ1v) is 11.1. The van der Waals surface area contributed by atoms with Gasteiger partial charge in [-0.1, -0.05) is 13.8 Å². The van der Waals surface area contributed by atoms with Gasteiger partial charge in [0.15, 0.2) is 0 Å². The first-order chi connectivity index (χ1) is 13.6. The van der Waals surface area contributed by atoms with E-state index in [4.69, 9.17) is 4.74 Å². The molecule has 1 amide bonds. The molecule has 2 aromatic rings. The van der Waals surface area contributed by atoms with Crippen molar-refractivity contribution in [2.75, 3.05) is 19.0 Å². The van der Waals surface area contributed by atoms with Crippen molar-refractivity contribution < 1.29 is 22.3 Å². The van der Waals surface area contributed by atoms with Gasteiger partial charge >= 0.3 is 0 Å². The summed E-state index contributed by atoms with van der Waals surface area (Å²) in [6.45, 7) is 8.39. The van der Waals surface area contributed by atoms with Crippen molar-refractivity contribution in [2.24, 2.45) is 5.92 Å². The van der Waals surface area contributed by atoms with Gasteiger partial charge in [-0.25, -0.2) is 12.8 Å². The number of carbonyl (C=O) groups excluding carboxylic acids is 1. The zero-order valence-corrected chi connectivity index (χ0v) is 18.4. The van der Waals surface area contributed by atoms with Crippen molar-refractivity contribution >= 4 is 21.6 Å². The highest BCUT2D eigenvalue weighted by molar-refractivity contribution is 7.91. The summed E-state index contributed by atoms with van der Waals surface area (Å²) in [5.74, 6) is -0.377. The molecule has 0 aliphatic heterocycles. The van der Waals surface area contributed by atoms with Gasteiger partial charge in [0.05, 0.1) is 4.90 Å². The van der Waals surface area contributed by atoms with Crippen molar-refractivity contribution in [3.05, 3.63) is 41.3 Å². The molecule has 2 rings (SSSR count). The quantitative estimate of drug-likeness (QED) is 0.486. The number of aromatic nitrogens is 1. The Hall–Kier alpha value is -2.19. The van der Waals surface area contributed by atoms with Crippen LogP contribution in [0, 0.1) is 25.6 Å². The van der Waals surface area contributed by atoms with Crippen LogP contribution in [0.5, 0.6) is 0 Å². The lowest BCUT2D eigenvalue weighted by molar-refractivity contribution is -0.116. The van der Waals surface area contributed by atoms with Gasteiger partial charge in [-0.3, -0.25) is 4.79 Å². The molecule has 0 fully saturated rings. The van der Waals surface area contributed by atoms with E-state index in [-0.39, 0.29) is 33.9 Å². The van der Waals surface area contributed by atoms with Crippen LogP contribution in [-0.4, -0.2) is 32.6 Å². The van der Waals surface area contributed by atoms with Crippen molar-refractivity contribution in [3.8, 4) is 0 Å². The number of ether oxygens (including phenoxy) is 1. The predicted octanol–water partition coefficient (Wildman–Crippen LogP) is 4.10. The number of anilines is 1. The molecule has 1 N–H and O–H groups in total. The fourth-order valence-corrected chi connectivity index (χ4v) is 4.92. The van der Waals surface area contributed by atoms with Crippen LogP contribution >= 0.6 is 0 Å². The minimum Gasteiger partial charge on any atom is -0.385 e. The maximum Gasteiger partial charge on any atom is 0.225 e. The first-order valence-electron chi connectivity index (χ1n) is 9.58. The molecular weight excluding hydrogens is 395 g/mol. The molecule has 29 heavy (non-hydrogen) atoms. The van der Waals surface area contributed by atoms with Crippen LogP contribution in [0.25, 0.3) is 0 Å². The van der Waals surface area contributed by atoms with Crippen LogP contribution in [0.3, 0.4) is 0 Å². The second kappa shape index (κ2) is 9.54. The average Bonchev–Trinajstić information content (AvgIpc) is 2.86. The third kappa shape index (κ3) is 5.25. The van der Waals surface area contributed by atoms with Gasteiger partial charge < -0.3 is 14.6 Å². The van der Waals surface area contributed by atoms with Crippen LogP contribution in [0.15, 0.2) is 34.1 Å². The molecule has 0 spiro atoms. The molecule has 0 saturated heterocycles. The van der Waals surface area contributed by atoms with E-state index in [0.717, 1.165) is 17.8 Å². The molecule has 1 aromatic heterocycles. The monoisotopic (exact) mass is 424 g/mol. The summed E-state index contributed by atoms with van der Waals surface area (Å²) in [6.07, 6.45) is 0.936. The van der Waals surface area contributed by atoms with E-state index in [0.29, 0.717) is 25.1 Å². The Bertz CT molecular complexity index is 964. The molecule has 0 aliphatic carbocycles. The van der Waals surface area contributed by atoms with Crippen molar-refractivity contribution in [1.82, 2.24) is 4.57 Å². The number of nitrogens with zero attached hydrogens (tertiary/aromatic N) is 1. The van der Waals surface area contributed by atoms with Crippen LogP contribution in [0.1, 0.15) is 37.9 Å². The number of rotatable bonds is 9. The lowest BCUT2D eigenvalue weighted by Crippen LogP contribution is -2.19. The van der Waals surface area contributed by atoms with E-state index >= 15 is 0 Å². The summed E-state index contributed by atoms with van der Waals surface area (Å²) in [5, 5.41) is 2.82. The maximum absolute atomic E-state index is 13.4. The van der Waals surface area contributed by atoms with Gasteiger partial charge in [-0.15, -0.1) is 0 Å². The minimum absolute atomic E-state index is 0.0181. The van der Waals surface area contributed by atoms with Crippen LogP contribution in [-0.2, 0) is 25.9 Å². The molecule has 8 heteroatoms. The molecule has 0 radical (unpaired) electrons. The number of amides is 1. The maximum atomic E-state index is 13.4. The van der Waals surface area contributed by atoms with Crippen LogP contribution in [0.4, 0.5) is 10.2 Å². The van der Waals surface area contributed by atoms with E-state index in [2.05, 4.69) is 5.32 Å². The molecule has 0 bridgehead atoms. The number of halogens is 1. The van der Waals surface area contributed by atoms with Gasteiger partial charge in [-0.05, 0) is 56.0 Å². The van der Waals surface area contributed by atoms with Crippen molar-refractivity contribution in [1.29, 1.82) is 0 Å². The van der Waals surface area contributed by atoms with Crippen LogP contribution < -0.4 is 5.32 Å². The number of sulfone groups is 1. The van der Waals surface area contributed by atoms with E-state index < -0.39 is 15.7 Å². The molecule has 0 aliphatic rings. The molecule has 160 valence electrons. The SMILES string of the molecule is COCCCn1c(C)c(C)c(S(=O)(=O)c2ccc(F)cc2)c1NC(=O)CC(C)C. The largest absolute Gasteiger partial charge is 0.385 e. The van der Waals surface area contributed by atoms with E-state index in [1.807, 2.05) is 25.3 Å². The Morgan fingerprint density at radius 2 is 1.83 bits per heavy atom. The molecular formula is C21H29FN2O4S. The summed E-state index contributed by atoms with van der Waals surface area (Å²) < 4.78 is 47.0. The Morgan fingerprint density at radius 1 is 1.21 bits per heavy atom. The highest BCUT2D eigenvalue weighted by Gasteiger charge is 2.30.